The molecule has 31 heavy (non-hydrogen) atoms. The van der Waals surface area contributed by atoms with Gasteiger partial charge in [0, 0.05) is 30.1 Å². The van der Waals surface area contributed by atoms with E-state index in [9.17, 15) is 13.5 Å². The summed E-state index contributed by atoms with van der Waals surface area (Å²) in [6.07, 6.45) is 1.52. The molecule has 8 heteroatoms. The summed E-state index contributed by atoms with van der Waals surface area (Å²) in [6.45, 7) is 5.98. The number of rotatable bonds is 8. The summed E-state index contributed by atoms with van der Waals surface area (Å²) in [6, 6.07) is 14.8. The van der Waals surface area contributed by atoms with Gasteiger partial charge in [0.15, 0.2) is 0 Å². The Morgan fingerprint density at radius 2 is 1.94 bits per heavy atom. The summed E-state index contributed by atoms with van der Waals surface area (Å²) in [7, 11) is -1.80. The van der Waals surface area contributed by atoms with Crippen molar-refractivity contribution in [3.05, 3.63) is 59.1 Å². The average molecular weight is 467 g/mol. The number of ether oxygens (including phenoxy) is 1. The van der Waals surface area contributed by atoms with Gasteiger partial charge in [-0.25, -0.2) is 8.42 Å². The number of hydrogen-bond acceptors (Lipinski definition) is 5. The van der Waals surface area contributed by atoms with Crippen molar-refractivity contribution in [3.8, 4) is 5.75 Å². The summed E-state index contributed by atoms with van der Waals surface area (Å²) >= 11 is 6.18. The Labute approximate surface area is 190 Å². The first kappa shape index (κ1) is 23.9. The number of halogens is 1. The summed E-state index contributed by atoms with van der Waals surface area (Å²) in [5.74, 6) is 0.931. The van der Waals surface area contributed by atoms with Gasteiger partial charge in [0.2, 0.25) is 10.0 Å². The first-order chi connectivity index (χ1) is 14.5. The van der Waals surface area contributed by atoms with E-state index in [-0.39, 0.29) is 12.1 Å². The SMILES string of the molecule is CN(c1ccc(OC[C@H](O)CN2CC[C@H](c3cccc(Cl)c3)C2(C)C)cc1)S(C)(=O)=O. The molecule has 1 aliphatic rings. The molecule has 0 bridgehead atoms. The molecule has 1 fully saturated rings. The number of benzene rings is 2. The predicted molar refractivity (Wildman–Crippen MR) is 126 cm³/mol. The van der Waals surface area contributed by atoms with E-state index >= 15 is 0 Å². The van der Waals surface area contributed by atoms with Gasteiger partial charge in [0.25, 0.3) is 0 Å². The second-order valence-corrected chi connectivity index (χ2v) is 11.1. The van der Waals surface area contributed by atoms with Crippen LogP contribution in [0, 0.1) is 0 Å². The van der Waals surface area contributed by atoms with Gasteiger partial charge in [-0.1, -0.05) is 23.7 Å². The number of likely N-dealkylation sites (tertiary alicyclic amines) is 1. The minimum atomic E-state index is -3.31. The van der Waals surface area contributed by atoms with Crippen molar-refractivity contribution < 1.29 is 18.3 Å². The molecule has 0 amide bonds. The minimum Gasteiger partial charge on any atom is -0.491 e. The van der Waals surface area contributed by atoms with E-state index in [1.165, 1.54) is 16.9 Å². The third-order valence-corrected chi connectivity index (χ3v) is 7.62. The molecule has 1 heterocycles. The molecule has 1 N–H and O–H groups in total. The van der Waals surface area contributed by atoms with Crippen LogP contribution in [0.1, 0.15) is 31.7 Å². The molecule has 0 unspecified atom stereocenters. The Morgan fingerprint density at radius 3 is 2.55 bits per heavy atom. The van der Waals surface area contributed by atoms with Gasteiger partial charge in [-0.15, -0.1) is 0 Å². The van der Waals surface area contributed by atoms with Crippen molar-refractivity contribution in [2.45, 2.75) is 37.8 Å². The lowest BCUT2D eigenvalue weighted by Gasteiger charge is -2.37. The fraction of sp³-hybridized carbons (Fsp3) is 0.478. The van der Waals surface area contributed by atoms with Gasteiger partial charge in [0.1, 0.15) is 18.5 Å². The van der Waals surface area contributed by atoms with Crippen LogP contribution in [0.3, 0.4) is 0 Å². The van der Waals surface area contributed by atoms with Crippen molar-refractivity contribution >= 4 is 27.3 Å². The van der Waals surface area contributed by atoms with Crippen molar-refractivity contribution in [2.75, 3.05) is 37.3 Å². The molecule has 2 atom stereocenters. The Kier molecular flexibility index (Phi) is 7.21. The summed E-state index contributed by atoms with van der Waals surface area (Å²) in [5, 5.41) is 11.3. The normalized spacial score (nSPS) is 19.9. The molecule has 6 nitrogen and oxygen atoms in total. The van der Waals surface area contributed by atoms with Crippen LogP contribution in [0.2, 0.25) is 5.02 Å². The third kappa shape index (κ3) is 5.71. The maximum atomic E-state index is 11.6. The molecule has 0 radical (unpaired) electrons. The fourth-order valence-electron chi connectivity index (χ4n) is 4.21. The van der Waals surface area contributed by atoms with Gasteiger partial charge in [-0.05, 0) is 68.8 Å². The van der Waals surface area contributed by atoms with Crippen molar-refractivity contribution in [3.63, 3.8) is 0 Å². The van der Waals surface area contributed by atoms with E-state index < -0.39 is 16.1 Å². The van der Waals surface area contributed by atoms with Crippen LogP contribution in [0.15, 0.2) is 48.5 Å². The first-order valence-corrected chi connectivity index (χ1v) is 12.6. The highest BCUT2D eigenvalue weighted by Gasteiger charge is 2.42. The molecule has 1 saturated heterocycles. The molecule has 2 aromatic carbocycles. The van der Waals surface area contributed by atoms with E-state index in [2.05, 4.69) is 24.8 Å². The highest BCUT2D eigenvalue weighted by atomic mass is 35.5. The van der Waals surface area contributed by atoms with Crippen molar-refractivity contribution in [2.24, 2.45) is 0 Å². The van der Waals surface area contributed by atoms with E-state index in [0.717, 1.165) is 24.2 Å². The zero-order valence-electron chi connectivity index (χ0n) is 18.5. The number of aliphatic hydroxyl groups is 1. The molecule has 2 aromatic rings. The Morgan fingerprint density at radius 1 is 1.26 bits per heavy atom. The van der Waals surface area contributed by atoms with Crippen molar-refractivity contribution in [1.29, 1.82) is 0 Å². The zero-order chi connectivity index (χ0) is 22.8. The molecule has 1 aliphatic heterocycles. The van der Waals surface area contributed by atoms with E-state index in [4.69, 9.17) is 16.3 Å². The van der Waals surface area contributed by atoms with Gasteiger partial charge in [0.05, 0.1) is 11.9 Å². The summed E-state index contributed by atoms with van der Waals surface area (Å²) in [4.78, 5) is 2.30. The lowest BCUT2D eigenvalue weighted by molar-refractivity contribution is 0.0433. The minimum absolute atomic E-state index is 0.108. The van der Waals surface area contributed by atoms with Gasteiger partial charge in [-0.3, -0.25) is 9.21 Å². The number of β-amino-alcohol motifs (C(OH)–C–C–N with tert-alkyl or cyclic N) is 1. The summed E-state index contributed by atoms with van der Waals surface area (Å²) < 4.78 is 30.2. The predicted octanol–water partition coefficient (Wildman–Crippen LogP) is 3.74. The molecule has 0 aromatic heterocycles. The van der Waals surface area contributed by atoms with E-state index in [0.29, 0.717) is 23.9 Å². The quantitative estimate of drug-likeness (QED) is 0.641. The molecule has 0 spiro atoms. The molecule has 3 rings (SSSR count). The number of aliphatic hydroxyl groups excluding tert-OH is 1. The maximum Gasteiger partial charge on any atom is 0.231 e. The van der Waals surface area contributed by atoms with Crippen LogP contribution < -0.4 is 9.04 Å². The average Bonchev–Trinajstić information content (AvgIpc) is 2.99. The van der Waals surface area contributed by atoms with E-state index in [1.807, 2.05) is 18.2 Å². The maximum absolute atomic E-state index is 11.6. The molecule has 170 valence electrons. The molecule has 0 saturated carbocycles. The monoisotopic (exact) mass is 466 g/mol. The van der Waals surface area contributed by atoms with Crippen molar-refractivity contribution in [1.82, 2.24) is 4.90 Å². The van der Waals surface area contributed by atoms with Gasteiger partial charge in [-0.2, -0.15) is 0 Å². The van der Waals surface area contributed by atoms with Crippen LogP contribution in [-0.4, -0.2) is 63.1 Å². The lowest BCUT2D eigenvalue weighted by atomic mass is 9.82. The largest absolute Gasteiger partial charge is 0.491 e. The number of hydrogen-bond donors (Lipinski definition) is 1. The van der Waals surface area contributed by atoms with Crippen LogP contribution in [0.25, 0.3) is 0 Å². The Balaban J connectivity index is 1.56. The second kappa shape index (κ2) is 9.36. The lowest BCUT2D eigenvalue weighted by Crippen LogP contribution is -2.46. The topological polar surface area (TPSA) is 70.1 Å². The highest BCUT2D eigenvalue weighted by molar-refractivity contribution is 7.92. The van der Waals surface area contributed by atoms with Crippen LogP contribution in [-0.2, 0) is 10.0 Å². The second-order valence-electron chi connectivity index (χ2n) is 8.69. The molecule has 0 aliphatic carbocycles. The Hall–Kier alpha value is -1.80. The Bertz CT molecular complexity index is 995. The van der Waals surface area contributed by atoms with Gasteiger partial charge < -0.3 is 9.84 Å². The first-order valence-electron chi connectivity index (χ1n) is 10.3. The standard InChI is InChI=1S/C23H31ClN2O4S/c1-23(2)22(17-6-5-7-18(24)14-17)12-13-26(23)15-20(27)16-30-21-10-8-19(9-11-21)25(3)31(4,28)29/h5-11,14,20,22,27H,12-13,15-16H2,1-4H3/t20-,22-/m1/s1. The van der Waals surface area contributed by atoms with Crippen LogP contribution >= 0.6 is 11.6 Å². The smallest absolute Gasteiger partial charge is 0.231 e. The third-order valence-electron chi connectivity index (χ3n) is 6.18. The van der Waals surface area contributed by atoms with E-state index in [1.54, 1.807) is 24.3 Å². The highest BCUT2D eigenvalue weighted by Crippen LogP contribution is 2.42. The summed E-state index contributed by atoms with van der Waals surface area (Å²) in [5.41, 5.74) is 1.68. The molecular weight excluding hydrogens is 436 g/mol. The zero-order valence-corrected chi connectivity index (χ0v) is 20.0. The van der Waals surface area contributed by atoms with Gasteiger partial charge >= 0.3 is 0 Å². The number of nitrogens with zero attached hydrogens (tertiary/aromatic N) is 2. The number of anilines is 1. The van der Waals surface area contributed by atoms with Crippen LogP contribution in [0.4, 0.5) is 5.69 Å². The number of sulfonamides is 1. The molecular formula is C23H31ClN2O4S. The fourth-order valence-corrected chi connectivity index (χ4v) is 4.92. The van der Waals surface area contributed by atoms with Crippen LogP contribution in [0.5, 0.6) is 5.75 Å².